The van der Waals surface area contributed by atoms with Crippen LogP contribution in [0.4, 0.5) is 0 Å². The summed E-state index contributed by atoms with van der Waals surface area (Å²) in [6, 6.07) is 11.9. The number of carbonyl (C=O) groups is 1. The van der Waals surface area contributed by atoms with Crippen LogP contribution in [0.2, 0.25) is 0 Å². The molecule has 2 fully saturated rings. The third-order valence-corrected chi connectivity index (χ3v) is 6.94. The van der Waals surface area contributed by atoms with Gasteiger partial charge in [0, 0.05) is 47.8 Å². The topological polar surface area (TPSA) is 73.9 Å². The SMILES string of the molecule is CC(C)CN1CC2(CO)CC(=O)CC(Cc3ccc(Br)cc3)(C1)C2O.Cc1ccco1. The number of likely N-dealkylation sites (tertiary alicyclic amines) is 1. The highest BCUT2D eigenvalue weighted by Crippen LogP contribution is 2.51. The first-order valence-corrected chi connectivity index (χ1v) is 11.7. The normalized spacial score (nSPS) is 28.4. The molecule has 2 heterocycles. The Hall–Kier alpha value is -1.47. The maximum atomic E-state index is 12.5. The van der Waals surface area contributed by atoms with Gasteiger partial charge in [-0.1, -0.05) is 41.9 Å². The van der Waals surface area contributed by atoms with E-state index in [0.717, 1.165) is 22.3 Å². The largest absolute Gasteiger partial charge is 0.470 e. The average molecular weight is 492 g/mol. The summed E-state index contributed by atoms with van der Waals surface area (Å²) in [5, 5.41) is 21.3. The lowest BCUT2D eigenvalue weighted by Gasteiger charge is -2.58. The minimum Gasteiger partial charge on any atom is -0.470 e. The fourth-order valence-electron chi connectivity index (χ4n) is 5.34. The van der Waals surface area contributed by atoms with Gasteiger partial charge in [0.25, 0.3) is 0 Å². The summed E-state index contributed by atoms with van der Waals surface area (Å²) in [5.41, 5.74) is -0.119. The van der Waals surface area contributed by atoms with Crippen molar-refractivity contribution in [3.63, 3.8) is 0 Å². The Kier molecular flexibility index (Phi) is 7.79. The van der Waals surface area contributed by atoms with Crippen molar-refractivity contribution in [2.75, 3.05) is 26.2 Å². The fraction of sp³-hybridized carbons (Fsp3) is 0.560. The molecule has 0 radical (unpaired) electrons. The number of piperidine rings is 1. The number of furan rings is 1. The van der Waals surface area contributed by atoms with Gasteiger partial charge in [-0.05, 0) is 49.1 Å². The van der Waals surface area contributed by atoms with E-state index in [1.165, 1.54) is 0 Å². The molecule has 1 aromatic heterocycles. The number of rotatable bonds is 5. The number of Topliss-reactive ketones (excluding diaryl/α,β-unsaturated/α-hetero) is 1. The van der Waals surface area contributed by atoms with Gasteiger partial charge in [0.15, 0.2) is 0 Å². The van der Waals surface area contributed by atoms with Crippen LogP contribution in [0.15, 0.2) is 51.6 Å². The number of benzene rings is 1. The molecule has 3 unspecified atom stereocenters. The van der Waals surface area contributed by atoms with Gasteiger partial charge in [-0.15, -0.1) is 0 Å². The number of aryl methyl sites for hydroxylation is 1. The molecule has 170 valence electrons. The van der Waals surface area contributed by atoms with E-state index in [9.17, 15) is 15.0 Å². The zero-order chi connectivity index (χ0) is 22.6. The second-order valence-electron chi connectivity index (χ2n) is 9.77. The van der Waals surface area contributed by atoms with Crippen LogP contribution >= 0.6 is 15.9 Å². The monoisotopic (exact) mass is 491 g/mol. The van der Waals surface area contributed by atoms with Crippen LogP contribution in [0.1, 0.15) is 38.0 Å². The van der Waals surface area contributed by atoms with Crippen molar-refractivity contribution in [2.24, 2.45) is 16.7 Å². The lowest BCUT2D eigenvalue weighted by Crippen LogP contribution is -2.68. The van der Waals surface area contributed by atoms with Crippen LogP contribution in [0, 0.1) is 23.7 Å². The number of fused-ring (bicyclic) bond motifs is 2. The van der Waals surface area contributed by atoms with E-state index < -0.39 is 16.9 Å². The predicted molar refractivity (Wildman–Crippen MR) is 125 cm³/mol. The molecule has 0 spiro atoms. The van der Waals surface area contributed by atoms with Crippen LogP contribution in [0.25, 0.3) is 0 Å². The minimum absolute atomic E-state index is 0.142. The summed E-state index contributed by atoms with van der Waals surface area (Å²) in [6.45, 7) is 8.35. The molecule has 2 N–H and O–H groups in total. The summed E-state index contributed by atoms with van der Waals surface area (Å²) in [6.07, 6.45) is 2.33. The molecule has 2 aliphatic rings. The quantitative estimate of drug-likeness (QED) is 0.654. The summed E-state index contributed by atoms with van der Waals surface area (Å²) < 4.78 is 5.85. The molecule has 31 heavy (non-hydrogen) atoms. The van der Waals surface area contributed by atoms with E-state index in [1.807, 2.05) is 43.3 Å². The zero-order valence-electron chi connectivity index (χ0n) is 18.7. The Morgan fingerprint density at radius 2 is 1.81 bits per heavy atom. The number of aliphatic hydroxyl groups is 2. The molecule has 0 amide bonds. The number of hydrogen-bond acceptors (Lipinski definition) is 5. The highest BCUT2D eigenvalue weighted by molar-refractivity contribution is 9.10. The first kappa shape index (κ1) is 24.2. The molecule has 1 aromatic carbocycles. The van der Waals surface area contributed by atoms with Crippen LogP contribution in [-0.4, -0.2) is 53.2 Å². The van der Waals surface area contributed by atoms with Gasteiger partial charge >= 0.3 is 0 Å². The van der Waals surface area contributed by atoms with Crippen molar-refractivity contribution in [2.45, 2.75) is 46.1 Å². The third-order valence-electron chi connectivity index (χ3n) is 6.41. The van der Waals surface area contributed by atoms with Crippen LogP contribution in [0.3, 0.4) is 0 Å². The molecular weight excluding hydrogens is 458 g/mol. The van der Waals surface area contributed by atoms with Crippen LogP contribution in [0.5, 0.6) is 0 Å². The maximum absolute atomic E-state index is 12.5. The summed E-state index contributed by atoms with van der Waals surface area (Å²) in [4.78, 5) is 14.9. The van der Waals surface area contributed by atoms with Gasteiger partial charge in [0.2, 0.25) is 0 Å². The molecular formula is C25H34BrNO4. The van der Waals surface area contributed by atoms with Crippen molar-refractivity contribution >= 4 is 21.7 Å². The first-order chi connectivity index (χ1) is 14.7. The first-order valence-electron chi connectivity index (χ1n) is 11.0. The van der Waals surface area contributed by atoms with Crippen molar-refractivity contribution < 1.29 is 19.4 Å². The number of hydrogen-bond donors (Lipinski definition) is 2. The average Bonchev–Trinajstić information content (AvgIpc) is 3.17. The lowest BCUT2D eigenvalue weighted by molar-refractivity contribution is -0.186. The molecule has 1 saturated heterocycles. The molecule has 4 rings (SSSR count). The second kappa shape index (κ2) is 9.99. The molecule has 6 heteroatoms. The smallest absolute Gasteiger partial charge is 0.134 e. The van der Waals surface area contributed by atoms with E-state index in [4.69, 9.17) is 4.42 Å². The second-order valence-corrected chi connectivity index (χ2v) is 10.7. The molecule has 2 aromatic rings. The lowest BCUT2D eigenvalue weighted by atomic mass is 9.55. The van der Waals surface area contributed by atoms with Gasteiger partial charge in [0.05, 0.1) is 19.0 Å². The molecule has 2 bridgehead atoms. The molecule has 3 atom stereocenters. The Balaban J connectivity index is 0.000000391. The van der Waals surface area contributed by atoms with Crippen LogP contribution < -0.4 is 0 Å². The summed E-state index contributed by atoms with van der Waals surface area (Å²) in [5.74, 6) is 1.64. The Morgan fingerprint density at radius 3 is 2.32 bits per heavy atom. The maximum Gasteiger partial charge on any atom is 0.134 e. The minimum atomic E-state index is -0.724. The number of ketones is 1. The predicted octanol–water partition coefficient (Wildman–Crippen LogP) is 4.24. The Labute approximate surface area is 193 Å². The molecule has 1 saturated carbocycles. The van der Waals surface area contributed by atoms with Crippen LogP contribution in [-0.2, 0) is 11.2 Å². The van der Waals surface area contributed by atoms with E-state index >= 15 is 0 Å². The van der Waals surface area contributed by atoms with E-state index in [-0.39, 0.29) is 18.8 Å². The molecule has 5 nitrogen and oxygen atoms in total. The molecule has 1 aliphatic heterocycles. The van der Waals surface area contributed by atoms with E-state index in [1.54, 1.807) is 6.26 Å². The zero-order valence-corrected chi connectivity index (χ0v) is 20.3. The van der Waals surface area contributed by atoms with Gasteiger partial charge in [-0.3, -0.25) is 4.79 Å². The fourth-order valence-corrected chi connectivity index (χ4v) is 5.61. The number of carbonyl (C=O) groups excluding carboxylic acids is 1. The van der Waals surface area contributed by atoms with Gasteiger partial charge < -0.3 is 19.5 Å². The van der Waals surface area contributed by atoms with Gasteiger partial charge in [-0.2, -0.15) is 0 Å². The number of aliphatic hydroxyl groups excluding tert-OH is 2. The van der Waals surface area contributed by atoms with Crippen molar-refractivity contribution in [1.82, 2.24) is 4.90 Å². The van der Waals surface area contributed by atoms with E-state index in [2.05, 4.69) is 34.7 Å². The Morgan fingerprint density at radius 1 is 1.16 bits per heavy atom. The van der Waals surface area contributed by atoms with Gasteiger partial charge in [0.1, 0.15) is 11.5 Å². The number of halogens is 1. The summed E-state index contributed by atoms with van der Waals surface area (Å²) in [7, 11) is 0. The van der Waals surface area contributed by atoms with E-state index in [0.29, 0.717) is 31.8 Å². The highest BCUT2D eigenvalue weighted by atomic mass is 79.9. The molecule has 1 aliphatic carbocycles. The van der Waals surface area contributed by atoms with Crippen molar-refractivity contribution in [1.29, 1.82) is 0 Å². The van der Waals surface area contributed by atoms with Crippen molar-refractivity contribution in [3.05, 3.63) is 58.5 Å². The Bertz CT molecular complexity index is 851. The summed E-state index contributed by atoms with van der Waals surface area (Å²) >= 11 is 3.45. The third kappa shape index (κ3) is 5.67. The standard InChI is InChI=1S/C20H28BrNO3.C5H6O/c1-14(2)10-22-11-19(7-15-3-5-16(21)6-4-15)8-17(24)9-20(12-22,13-23)18(19)25;1-5-3-2-4-6-5/h3-6,14,18,23,25H,7-13H2,1-2H3;2-4H,1H3. The van der Waals surface area contributed by atoms with Gasteiger partial charge in [-0.25, -0.2) is 0 Å². The van der Waals surface area contributed by atoms with Crippen molar-refractivity contribution in [3.8, 4) is 0 Å². The highest BCUT2D eigenvalue weighted by Gasteiger charge is 2.59. The number of nitrogens with zero attached hydrogens (tertiary/aromatic N) is 1.